The van der Waals surface area contributed by atoms with E-state index in [1.165, 1.54) is 17.4 Å². The van der Waals surface area contributed by atoms with E-state index in [4.69, 9.17) is 19.6 Å². The molecule has 0 unspecified atom stereocenters. The first-order valence-corrected chi connectivity index (χ1v) is 10.9. The molecule has 4 aromatic rings. The van der Waals surface area contributed by atoms with E-state index in [0.29, 0.717) is 34.5 Å². The van der Waals surface area contributed by atoms with Crippen LogP contribution >= 0.6 is 11.3 Å². The van der Waals surface area contributed by atoms with Gasteiger partial charge < -0.3 is 24.9 Å². The Labute approximate surface area is 191 Å². The van der Waals surface area contributed by atoms with E-state index in [0.717, 1.165) is 10.4 Å². The van der Waals surface area contributed by atoms with Gasteiger partial charge in [0.1, 0.15) is 16.1 Å². The number of hydrogen-bond donors (Lipinski definition) is 2. The van der Waals surface area contributed by atoms with E-state index >= 15 is 0 Å². The van der Waals surface area contributed by atoms with Crippen molar-refractivity contribution >= 4 is 39.1 Å². The van der Waals surface area contributed by atoms with Crippen molar-refractivity contribution in [2.24, 2.45) is 5.73 Å². The Morgan fingerprint density at radius 3 is 2.70 bits per heavy atom. The normalized spacial score (nSPS) is 12.2. The summed E-state index contributed by atoms with van der Waals surface area (Å²) in [5.41, 5.74) is 6.92. The minimum atomic E-state index is -0.763. The molecule has 2 aromatic heterocycles. The molecule has 2 amide bonds. The number of primary amides is 1. The summed E-state index contributed by atoms with van der Waals surface area (Å²) in [7, 11) is 0. The number of ether oxygens (including phenoxy) is 2. The monoisotopic (exact) mass is 462 g/mol. The maximum absolute atomic E-state index is 12.9. The molecule has 3 heterocycles. The van der Waals surface area contributed by atoms with Crippen LogP contribution in [0, 0.1) is 6.92 Å². The zero-order valence-corrected chi connectivity index (χ0v) is 18.3. The van der Waals surface area contributed by atoms with E-state index in [1.807, 2.05) is 18.2 Å². The van der Waals surface area contributed by atoms with Gasteiger partial charge in [-0.05, 0) is 42.3 Å². The second-order valence-electron chi connectivity index (χ2n) is 7.52. The van der Waals surface area contributed by atoms with Crippen LogP contribution in [0.3, 0.4) is 0 Å². The average molecular weight is 462 g/mol. The van der Waals surface area contributed by atoms with Crippen molar-refractivity contribution in [1.82, 2.24) is 0 Å². The Kier molecular flexibility index (Phi) is 5.10. The van der Waals surface area contributed by atoms with Gasteiger partial charge in [0, 0.05) is 16.7 Å². The molecule has 0 saturated carbocycles. The molecular weight excluding hydrogens is 444 g/mol. The molecule has 0 saturated heterocycles. The van der Waals surface area contributed by atoms with Crippen LogP contribution in [0.4, 0.5) is 5.00 Å². The number of amides is 2. The quantitative estimate of drug-likeness (QED) is 0.435. The standard InChI is InChI=1S/C24H18N2O6S/c1-12-19(9-13-6-7-17-18(8-13)31-11-30-17)33-23(20(12)21(25)27)26-22(28)15-10-14-4-2-3-5-16(14)32-24(15)29/h2-8,10H,9,11H2,1H3,(H2,25,27)(H,26,28). The molecule has 0 aliphatic carbocycles. The number of benzene rings is 2. The first-order chi connectivity index (χ1) is 15.9. The van der Waals surface area contributed by atoms with Gasteiger partial charge in [0.15, 0.2) is 11.5 Å². The number of rotatable bonds is 5. The SMILES string of the molecule is Cc1c(Cc2ccc3c(c2)OCO3)sc(NC(=O)c2cc3ccccc3oc2=O)c1C(N)=O. The molecule has 0 fully saturated rings. The summed E-state index contributed by atoms with van der Waals surface area (Å²) < 4.78 is 16.0. The lowest BCUT2D eigenvalue weighted by atomic mass is 10.1. The van der Waals surface area contributed by atoms with Gasteiger partial charge in [-0.25, -0.2) is 4.79 Å². The summed E-state index contributed by atoms with van der Waals surface area (Å²) in [5.74, 6) is 0.00412. The number of nitrogens with one attached hydrogen (secondary N) is 1. The number of carbonyl (C=O) groups excluding carboxylic acids is 2. The minimum Gasteiger partial charge on any atom is -0.454 e. The minimum absolute atomic E-state index is 0.160. The molecule has 0 atom stereocenters. The maximum Gasteiger partial charge on any atom is 0.349 e. The number of thiophene rings is 1. The van der Waals surface area contributed by atoms with Crippen LogP contribution in [0.5, 0.6) is 11.5 Å². The van der Waals surface area contributed by atoms with Gasteiger partial charge in [0.05, 0.1) is 5.56 Å². The third kappa shape index (κ3) is 3.83. The van der Waals surface area contributed by atoms with E-state index in [1.54, 1.807) is 31.2 Å². The largest absolute Gasteiger partial charge is 0.454 e. The highest BCUT2D eigenvalue weighted by molar-refractivity contribution is 7.17. The Morgan fingerprint density at radius 2 is 1.88 bits per heavy atom. The van der Waals surface area contributed by atoms with Crippen molar-refractivity contribution < 1.29 is 23.5 Å². The highest BCUT2D eigenvalue weighted by Gasteiger charge is 2.23. The number of para-hydroxylation sites is 1. The van der Waals surface area contributed by atoms with E-state index in [2.05, 4.69) is 5.32 Å². The molecule has 166 valence electrons. The molecule has 9 heteroatoms. The number of hydrogen-bond acceptors (Lipinski definition) is 7. The van der Waals surface area contributed by atoms with Crippen molar-refractivity contribution in [1.29, 1.82) is 0 Å². The second kappa shape index (κ2) is 8.10. The van der Waals surface area contributed by atoms with Gasteiger partial charge in [-0.3, -0.25) is 9.59 Å². The van der Waals surface area contributed by atoms with Crippen LogP contribution in [0.15, 0.2) is 57.7 Å². The predicted octanol–water partition coefficient (Wildman–Crippen LogP) is 3.83. The Bertz CT molecular complexity index is 1490. The van der Waals surface area contributed by atoms with Crippen molar-refractivity contribution in [3.05, 3.63) is 86.1 Å². The predicted molar refractivity (Wildman–Crippen MR) is 123 cm³/mol. The molecule has 1 aliphatic rings. The van der Waals surface area contributed by atoms with E-state index in [-0.39, 0.29) is 22.9 Å². The number of fused-ring (bicyclic) bond motifs is 2. The number of nitrogens with two attached hydrogens (primary N) is 1. The summed E-state index contributed by atoms with van der Waals surface area (Å²) in [5, 5.41) is 3.58. The van der Waals surface area contributed by atoms with Crippen LogP contribution in [0.1, 0.15) is 36.7 Å². The fourth-order valence-electron chi connectivity index (χ4n) is 3.74. The summed E-state index contributed by atoms with van der Waals surface area (Å²) in [6.45, 7) is 1.96. The van der Waals surface area contributed by atoms with Crippen LogP contribution in [-0.4, -0.2) is 18.6 Å². The Balaban J connectivity index is 1.47. The molecule has 0 spiro atoms. The molecular formula is C24H18N2O6S. The second-order valence-corrected chi connectivity index (χ2v) is 8.63. The van der Waals surface area contributed by atoms with Crippen molar-refractivity contribution in [3.8, 4) is 11.5 Å². The third-order valence-corrected chi connectivity index (χ3v) is 6.61. The van der Waals surface area contributed by atoms with Crippen LogP contribution in [0.25, 0.3) is 11.0 Å². The highest BCUT2D eigenvalue weighted by Crippen LogP contribution is 2.37. The van der Waals surface area contributed by atoms with Crippen molar-refractivity contribution in [2.45, 2.75) is 13.3 Å². The lowest BCUT2D eigenvalue weighted by Gasteiger charge is -2.05. The lowest BCUT2D eigenvalue weighted by molar-refractivity contribution is 0.100. The van der Waals surface area contributed by atoms with Gasteiger partial charge >= 0.3 is 5.63 Å². The van der Waals surface area contributed by atoms with Gasteiger partial charge in [-0.2, -0.15) is 0 Å². The van der Waals surface area contributed by atoms with Crippen molar-refractivity contribution in [3.63, 3.8) is 0 Å². The summed E-state index contributed by atoms with van der Waals surface area (Å²) in [6.07, 6.45) is 0.501. The Hall–Kier alpha value is -4.11. The van der Waals surface area contributed by atoms with Gasteiger partial charge in [-0.15, -0.1) is 11.3 Å². The molecule has 0 bridgehead atoms. The fraction of sp³-hybridized carbons (Fsp3) is 0.125. The average Bonchev–Trinajstić information content (AvgIpc) is 3.37. The summed E-state index contributed by atoms with van der Waals surface area (Å²) >= 11 is 1.24. The van der Waals surface area contributed by atoms with Crippen LogP contribution < -0.4 is 26.1 Å². The third-order valence-electron chi connectivity index (χ3n) is 5.41. The summed E-state index contributed by atoms with van der Waals surface area (Å²) in [6, 6.07) is 14.0. The topological polar surface area (TPSA) is 121 Å². The number of carbonyl (C=O) groups is 2. The van der Waals surface area contributed by atoms with Gasteiger partial charge in [0.2, 0.25) is 6.79 Å². The van der Waals surface area contributed by atoms with E-state index < -0.39 is 17.4 Å². The molecule has 2 aromatic carbocycles. The van der Waals surface area contributed by atoms with Gasteiger partial charge in [0.25, 0.3) is 11.8 Å². The van der Waals surface area contributed by atoms with Gasteiger partial charge in [-0.1, -0.05) is 24.3 Å². The Morgan fingerprint density at radius 1 is 1.09 bits per heavy atom. The first kappa shape index (κ1) is 20.8. The summed E-state index contributed by atoms with van der Waals surface area (Å²) in [4.78, 5) is 38.3. The molecule has 5 rings (SSSR count). The lowest BCUT2D eigenvalue weighted by Crippen LogP contribution is -2.22. The zero-order valence-electron chi connectivity index (χ0n) is 17.5. The number of anilines is 1. The maximum atomic E-state index is 12.9. The smallest absolute Gasteiger partial charge is 0.349 e. The molecule has 3 N–H and O–H groups in total. The fourth-order valence-corrected chi connectivity index (χ4v) is 4.98. The highest BCUT2D eigenvalue weighted by atomic mass is 32.1. The zero-order chi connectivity index (χ0) is 23.1. The van der Waals surface area contributed by atoms with Crippen LogP contribution in [0.2, 0.25) is 0 Å². The van der Waals surface area contributed by atoms with Crippen molar-refractivity contribution in [2.75, 3.05) is 12.1 Å². The molecule has 8 nitrogen and oxygen atoms in total. The van der Waals surface area contributed by atoms with Crippen LogP contribution in [-0.2, 0) is 6.42 Å². The van der Waals surface area contributed by atoms with E-state index in [9.17, 15) is 14.4 Å². The molecule has 0 radical (unpaired) electrons. The molecule has 33 heavy (non-hydrogen) atoms. The first-order valence-electron chi connectivity index (χ1n) is 10.1. The molecule has 1 aliphatic heterocycles.